The summed E-state index contributed by atoms with van der Waals surface area (Å²) >= 11 is 1.16. The Morgan fingerprint density at radius 3 is 3.00 bits per heavy atom. The second-order valence-corrected chi connectivity index (χ2v) is 3.48. The third kappa shape index (κ3) is 2.10. The first-order valence-electron chi connectivity index (χ1n) is 4.02. The van der Waals surface area contributed by atoms with Gasteiger partial charge in [-0.3, -0.25) is 4.79 Å². The molecule has 2 N–H and O–H groups in total. The molecular weight excluding hydrogens is 218 g/mol. The van der Waals surface area contributed by atoms with Gasteiger partial charge in [0, 0.05) is 13.1 Å². The molecule has 0 atom stereocenters. The summed E-state index contributed by atoms with van der Waals surface area (Å²) in [4.78, 5) is 11.5. The third-order valence-electron chi connectivity index (χ3n) is 1.51. The molecule has 8 heteroatoms. The summed E-state index contributed by atoms with van der Waals surface area (Å²) in [7, 11) is 1.71. The van der Waals surface area contributed by atoms with Crippen molar-refractivity contribution in [3.05, 3.63) is 17.3 Å². The van der Waals surface area contributed by atoms with E-state index in [1.54, 1.807) is 7.05 Å². The van der Waals surface area contributed by atoms with Gasteiger partial charge in [0.2, 0.25) is 10.1 Å². The average Bonchev–Trinajstić information content (AvgIpc) is 2.86. The van der Waals surface area contributed by atoms with Crippen LogP contribution in [0.3, 0.4) is 0 Å². The molecule has 0 aromatic carbocycles. The molecule has 0 aliphatic heterocycles. The number of rotatable bonds is 3. The Labute approximate surface area is 88.5 Å². The van der Waals surface area contributed by atoms with E-state index in [9.17, 15) is 4.79 Å². The fourth-order valence-corrected chi connectivity index (χ4v) is 1.46. The van der Waals surface area contributed by atoms with E-state index in [1.165, 1.54) is 12.3 Å². The van der Waals surface area contributed by atoms with E-state index >= 15 is 0 Å². The molecule has 0 aliphatic rings. The highest BCUT2D eigenvalue weighted by Gasteiger charge is 2.13. The van der Waals surface area contributed by atoms with Gasteiger partial charge in [-0.1, -0.05) is 16.5 Å². The van der Waals surface area contributed by atoms with E-state index in [4.69, 9.17) is 0 Å². The van der Waals surface area contributed by atoms with Crippen LogP contribution in [0.4, 0.5) is 10.9 Å². The Balaban J connectivity index is 2.08. The smallest absolute Gasteiger partial charge is 0.287 e. The van der Waals surface area contributed by atoms with Gasteiger partial charge >= 0.3 is 0 Å². The highest BCUT2D eigenvalue weighted by Crippen LogP contribution is 2.15. The summed E-state index contributed by atoms with van der Waals surface area (Å²) in [6.45, 7) is 0. The fourth-order valence-electron chi connectivity index (χ4n) is 0.863. The Hall–Kier alpha value is -1.96. The van der Waals surface area contributed by atoms with Crippen LogP contribution in [0.5, 0.6) is 0 Å². The van der Waals surface area contributed by atoms with Crippen LogP contribution in [0.2, 0.25) is 0 Å². The quantitative estimate of drug-likeness (QED) is 0.803. The van der Waals surface area contributed by atoms with Gasteiger partial charge in [0.05, 0.1) is 0 Å². The van der Waals surface area contributed by atoms with Gasteiger partial charge in [-0.05, 0) is 0 Å². The Morgan fingerprint density at radius 1 is 1.53 bits per heavy atom. The van der Waals surface area contributed by atoms with Crippen molar-refractivity contribution < 1.29 is 9.32 Å². The Bertz CT molecular complexity index is 452. The Kier molecular flexibility index (Phi) is 2.59. The highest BCUT2D eigenvalue weighted by atomic mass is 32.1. The van der Waals surface area contributed by atoms with Gasteiger partial charge in [-0.25, -0.2) is 0 Å². The van der Waals surface area contributed by atoms with Gasteiger partial charge in [-0.15, -0.1) is 10.2 Å². The molecule has 2 heterocycles. The summed E-state index contributed by atoms with van der Waals surface area (Å²) in [6, 6.07) is 1.54. The van der Waals surface area contributed by atoms with Crippen molar-refractivity contribution >= 4 is 28.2 Å². The van der Waals surface area contributed by atoms with Crippen LogP contribution in [-0.2, 0) is 0 Å². The van der Waals surface area contributed by atoms with Gasteiger partial charge in [0.1, 0.15) is 6.26 Å². The lowest BCUT2D eigenvalue weighted by atomic mass is 10.5. The number of carbonyl (C=O) groups excluding carboxylic acids is 1. The van der Waals surface area contributed by atoms with E-state index in [0.29, 0.717) is 10.9 Å². The summed E-state index contributed by atoms with van der Waals surface area (Å²) < 4.78 is 4.57. The first-order valence-corrected chi connectivity index (χ1v) is 4.84. The molecular formula is C7H7N5O2S. The topological polar surface area (TPSA) is 92.9 Å². The monoisotopic (exact) mass is 225 g/mol. The maximum absolute atomic E-state index is 11.5. The van der Waals surface area contributed by atoms with Crippen molar-refractivity contribution in [3.63, 3.8) is 0 Å². The molecule has 7 nitrogen and oxygen atoms in total. The van der Waals surface area contributed by atoms with Crippen LogP contribution >= 0.6 is 11.3 Å². The largest absolute Gasteiger partial charge is 0.363 e. The minimum Gasteiger partial charge on any atom is -0.363 e. The number of aromatic nitrogens is 3. The number of nitrogens with zero attached hydrogens (tertiary/aromatic N) is 3. The van der Waals surface area contributed by atoms with Crippen molar-refractivity contribution in [2.75, 3.05) is 17.7 Å². The lowest BCUT2D eigenvalue weighted by molar-refractivity contribution is 0.102. The molecule has 78 valence electrons. The summed E-state index contributed by atoms with van der Waals surface area (Å²) in [5.41, 5.74) is 0. The molecule has 0 bridgehead atoms. The van der Waals surface area contributed by atoms with E-state index in [2.05, 4.69) is 30.5 Å². The van der Waals surface area contributed by atoms with Gasteiger partial charge in [-0.2, -0.15) is 0 Å². The molecule has 0 aliphatic carbocycles. The van der Waals surface area contributed by atoms with Crippen LogP contribution in [0, 0.1) is 0 Å². The molecule has 0 radical (unpaired) electrons. The van der Waals surface area contributed by atoms with Gasteiger partial charge in [0.15, 0.2) is 5.82 Å². The number of anilines is 2. The Morgan fingerprint density at radius 2 is 2.40 bits per heavy atom. The number of carbonyl (C=O) groups is 1. The molecule has 0 saturated carbocycles. The number of hydrogen-bond acceptors (Lipinski definition) is 7. The van der Waals surface area contributed by atoms with Crippen LogP contribution in [0.25, 0.3) is 0 Å². The van der Waals surface area contributed by atoms with Crippen molar-refractivity contribution in [2.45, 2.75) is 0 Å². The number of amides is 1. The van der Waals surface area contributed by atoms with E-state index in [1.807, 2.05) is 0 Å². The van der Waals surface area contributed by atoms with E-state index < -0.39 is 0 Å². The van der Waals surface area contributed by atoms with Crippen molar-refractivity contribution in [2.24, 2.45) is 0 Å². The minimum atomic E-state index is -0.358. The minimum absolute atomic E-state index is 0.266. The highest BCUT2D eigenvalue weighted by molar-refractivity contribution is 7.17. The normalized spacial score (nSPS) is 9.93. The van der Waals surface area contributed by atoms with Crippen LogP contribution in [0.1, 0.15) is 9.80 Å². The van der Waals surface area contributed by atoms with Crippen LogP contribution < -0.4 is 10.6 Å². The molecule has 2 aromatic heterocycles. The zero-order valence-corrected chi connectivity index (χ0v) is 8.54. The molecule has 0 saturated heterocycles. The van der Waals surface area contributed by atoms with Gasteiger partial charge in [0.25, 0.3) is 5.91 Å². The van der Waals surface area contributed by atoms with Crippen molar-refractivity contribution in [3.8, 4) is 0 Å². The molecule has 2 rings (SSSR count). The molecule has 1 amide bonds. The first-order chi connectivity index (χ1) is 7.29. The van der Waals surface area contributed by atoms with Crippen LogP contribution in [-0.4, -0.2) is 28.3 Å². The second-order valence-electron chi connectivity index (χ2n) is 2.50. The first kappa shape index (κ1) is 9.59. The lowest BCUT2D eigenvalue weighted by Gasteiger charge is -1.94. The molecule has 0 unspecified atom stereocenters. The standard InChI is InChI=1S/C7H7N5O2S/c1-8-7-11-10-6(15-7)5(13)9-4-2-3-14-12-4/h2-3H,1H3,(H,8,11)(H,9,12,13). The van der Waals surface area contributed by atoms with Crippen molar-refractivity contribution in [1.82, 2.24) is 15.4 Å². The fraction of sp³-hybridized carbons (Fsp3) is 0.143. The second kappa shape index (κ2) is 4.05. The zero-order valence-electron chi connectivity index (χ0n) is 7.72. The van der Waals surface area contributed by atoms with E-state index in [-0.39, 0.29) is 10.9 Å². The summed E-state index contributed by atoms with van der Waals surface area (Å²) in [5.74, 6) is -0.0101. The predicted molar refractivity (Wildman–Crippen MR) is 53.9 cm³/mol. The number of nitrogens with one attached hydrogen (secondary N) is 2. The third-order valence-corrected chi connectivity index (χ3v) is 2.45. The SMILES string of the molecule is CNc1nnc(C(=O)Nc2ccon2)s1. The van der Waals surface area contributed by atoms with Gasteiger partial charge < -0.3 is 15.2 Å². The summed E-state index contributed by atoms with van der Waals surface area (Å²) in [5, 5.41) is 17.1. The summed E-state index contributed by atoms with van der Waals surface area (Å²) in [6.07, 6.45) is 1.37. The maximum atomic E-state index is 11.5. The zero-order chi connectivity index (χ0) is 10.7. The predicted octanol–water partition coefficient (Wildman–Crippen LogP) is 0.820. The molecule has 15 heavy (non-hydrogen) atoms. The number of hydrogen-bond donors (Lipinski definition) is 2. The van der Waals surface area contributed by atoms with Crippen molar-refractivity contribution in [1.29, 1.82) is 0 Å². The lowest BCUT2D eigenvalue weighted by Crippen LogP contribution is -2.11. The van der Waals surface area contributed by atoms with Crippen LogP contribution in [0.15, 0.2) is 16.9 Å². The average molecular weight is 225 g/mol. The van der Waals surface area contributed by atoms with E-state index in [0.717, 1.165) is 11.3 Å². The molecule has 2 aromatic rings. The molecule has 0 spiro atoms. The maximum Gasteiger partial charge on any atom is 0.287 e. The molecule has 0 fully saturated rings.